The molecule has 8 nitrogen and oxygen atoms in total. The number of ether oxygens (including phenoxy) is 2. The topological polar surface area (TPSA) is 114 Å². The van der Waals surface area contributed by atoms with Crippen LogP contribution < -0.4 is 15.4 Å². The molecule has 0 heterocycles. The number of aryl methyl sites for hydroxylation is 2. The monoisotopic (exact) mass is 386 g/mol. The number of hydrogen-bond acceptors (Lipinski definition) is 6. The van der Waals surface area contributed by atoms with Gasteiger partial charge < -0.3 is 25.2 Å². The van der Waals surface area contributed by atoms with Crippen molar-refractivity contribution in [2.24, 2.45) is 0 Å². The molecule has 2 aromatic rings. The summed E-state index contributed by atoms with van der Waals surface area (Å²) in [5, 5.41) is 14.7. The average Bonchev–Trinajstić information content (AvgIpc) is 2.64. The van der Waals surface area contributed by atoms with Crippen molar-refractivity contribution >= 4 is 23.5 Å². The van der Waals surface area contributed by atoms with Gasteiger partial charge in [-0.15, -0.1) is 0 Å². The van der Waals surface area contributed by atoms with Gasteiger partial charge >= 0.3 is 5.97 Å². The number of phenols is 1. The zero-order chi connectivity index (χ0) is 20.7. The predicted molar refractivity (Wildman–Crippen MR) is 102 cm³/mol. The van der Waals surface area contributed by atoms with Crippen LogP contribution in [0.4, 0.5) is 5.69 Å². The number of anilines is 1. The van der Waals surface area contributed by atoms with Crippen LogP contribution >= 0.6 is 0 Å². The second-order valence-electron chi connectivity index (χ2n) is 6.13. The molecule has 0 atom stereocenters. The number of hydrogen-bond donors (Lipinski definition) is 3. The SMILES string of the molecule is COc1ccc(C)cc1NC(=O)CNC(=O)COC(=O)c1ccc(C)cc1O. The largest absolute Gasteiger partial charge is 0.507 e. The third-order valence-corrected chi connectivity index (χ3v) is 3.78. The Labute approximate surface area is 162 Å². The molecule has 0 aliphatic rings. The summed E-state index contributed by atoms with van der Waals surface area (Å²) >= 11 is 0. The lowest BCUT2D eigenvalue weighted by atomic mass is 10.1. The Morgan fingerprint density at radius 2 is 1.68 bits per heavy atom. The number of benzene rings is 2. The van der Waals surface area contributed by atoms with Gasteiger partial charge in [0.05, 0.1) is 19.3 Å². The second kappa shape index (κ2) is 9.40. The van der Waals surface area contributed by atoms with Crippen molar-refractivity contribution in [1.82, 2.24) is 5.32 Å². The van der Waals surface area contributed by atoms with E-state index in [2.05, 4.69) is 10.6 Å². The fourth-order valence-electron chi connectivity index (χ4n) is 2.37. The highest BCUT2D eigenvalue weighted by molar-refractivity contribution is 5.97. The molecule has 8 heteroatoms. The van der Waals surface area contributed by atoms with Crippen LogP contribution in [-0.4, -0.2) is 43.2 Å². The average molecular weight is 386 g/mol. The molecule has 2 rings (SSSR count). The molecule has 0 radical (unpaired) electrons. The summed E-state index contributed by atoms with van der Waals surface area (Å²) in [6.07, 6.45) is 0. The molecule has 0 spiro atoms. The zero-order valence-corrected chi connectivity index (χ0v) is 15.9. The lowest BCUT2D eigenvalue weighted by Gasteiger charge is -2.11. The third-order valence-electron chi connectivity index (χ3n) is 3.78. The molecule has 148 valence electrons. The molecule has 0 bridgehead atoms. The quantitative estimate of drug-likeness (QED) is 0.627. The van der Waals surface area contributed by atoms with Crippen molar-refractivity contribution in [2.75, 3.05) is 25.6 Å². The van der Waals surface area contributed by atoms with Gasteiger partial charge in [0.2, 0.25) is 5.91 Å². The summed E-state index contributed by atoms with van der Waals surface area (Å²) in [6.45, 7) is 2.76. The third kappa shape index (κ3) is 5.73. The Bertz CT molecular complexity index is 894. The van der Waals surface area contributed by atoms with E-state index in [1.165, 1.54) is 19.2 Å². The van der Waals surface area contributed by atoms with E-state index in [0.717, 1.165) is 11.1 Å². The second-order valence-corrected chi connectivity index (χ2v) is 6.13. The highest BCUT2D eigenvalue weighted by atomic mass is 16.5. The fourth-order valence-corrected chi connectivity index (χ4v) is 2.37. The highest BCUT2D eigenvalue weighted by Gasteiger charge is 2.15. The van der Waals surface area contributed by atoms with E-state index < -0.39 is 24.4 Å². The van der Waals surface area contributed by atoms with Gasteiger partial charge in [0.25, 0.3) is 5.91 Å². The van der Waals surface area contributed by atoms with Crippen LogP contribution in [0, 0.1) is 13.8 Å². The zero-order valence-electron chi connectivity index (χ0n) is 15.9. The van der Waals surface area contributed by atoms with Crippen molar-refractivity contribution in [1.29, 1.82) is 0 Å². The number of rotatable bonds is 7. The molecule has 0 aromatic heterocycles. The van der Waals surface area contributed by atoms with E-state index in [-0.39, 0.29) is 17.9 Å². The van der Waals surface area contributed by atoms with Crippen LogP contribution in [0.2, 0.25) is 0 Å². The Hall–Kier alpha value is -3.55. The molecule has 0 unspecified atom stereocenters. The molecule has 0 aliphatic heterocycles. The maximum atomic E-state index is 12.0. The number of carbonyl (C=O) groups excluding carboxylic acids is 3. The van der Waals surface area contributed by atoms with E-state index >= 15 is 0 Å². The Kier molecular flexibility index (Phi) is 6.97. The summed E-state index contributed by atoms with van der Waals surface area (Å²) in [6, 6.07) is 9.78. The molecule has 0 saturated carbocycles. The number of carbonyl (C=O) groups is 3. The minimum Gasteiger partial charge on any atom is -0.507 e. The normalized spacial score (nSPS) is 10.1. The summed E-state index contributed by atoms with van der Waals surface area (Å²) in [5.41, 5.74) is 2.17. The summed E-state index contributed by atoms with van der Waals surface area (Å²) in [4.78, 5) is 35.7. The van der Waals surface area contributed by atoms with Crippen LogP contribution in [0.5, 0.6) is 11.5 Å². The Morgan fingerprint density at radius 1 is 1.00 bits per heavy atom. The number of amides is 2. The molecule has 0 saturated heterocycles. The fraction of sp³-hybridized carbons (Fsp3) is 0.250. The first-order valence-electron chi connectivity index (χ1n) is 8.48. The van der Waals surface area contributed by atoms with Crippen molar-refractivity contribution in [3.05, 3.63) is 53.1 Å². The number of phenolic OH excluding ortho intramolecular Hbond substituents is 1. The molecular weight excluding hydrogens is 364 g/mol. The van der Waals surface area contributed by atoms with Crippen LogP contribution in [0.1, 0.15) is 21.5 Å². The molecule has 0 fully saturated rings. The number of methoxy groups -OCH3 is 1. The Balaban J connectivity index is 1.81. The van der Waals surface area contributed by atoms with E-state index in [4.69, 9.17) is 9.47 Å². The first-order chi connectivity index (χ1) is 13.3. The van der Waals surface area contributed by atoms with Crippen molar-refractivity contribution in [3.8, 4) is 11.5 Å². The van der Waals surface area contributed by atoms with Crippen molar-refractivity contribution < 1.29 is 29.0 Å². The van der Waals surface area contributed by atoms with Gasteiger partial charge in [-0.1, -0.05) is 12.1 Å². The van der Waals surface area contributed by atoms with Gasteiger partial charge in [-0.3, -0.25) is 9.59 Å². The molecular formula is C20H22N2O6. The number of aromatic hydroxyl groups is 1. The Morgan fingerprint density at radius 3 is 2.36 bits per heavy atom. The lowest BCUT2D eigenvalue weighted by molar-refractivity contribution is -0.126. The lowest BCUT2D eigenvalue weighted by Crippen LogP contribution is -2.35. The van der Waals surface area contributed by atoms with Gasteiger partial charge in [-0.05, 0) is 49.2 Å². The first kappa shape index (κ1) is 20.8. The number of esters is 1. The summed E-state index contributed by atoms with van der Waals surface area (Å²) in [5.74, 6) is -1.67. The molecule has 2 aromatic carbocycles. The van der Waals surface area contributed by atoms with Gasteiger partial charge in [-0.25, -0.2) is 4.79 Å². The van der Waals surface area contributed by atoms with Crippen LogP contribution in [0.3, 0.4) is 0 Å². The van der Waals surface area contributed by atoms with Crippen LogP contribution in [0.25, 0.3) is 0 Å². The summed E-state index contributed by atoms with van der Waals surface area (Å²) < 4.78 is 10.0. The maximum Gasteiger partial charge on any atom is 0.342 e. The smallest absolute Gasteiger partial charge is 0.342 e. The van der Waals surface area contributed by atoms with E-state index in [1.807, 2.05) is 13.0 Å². The molecule has 3 N–H and O–H groups in total. The minimum absolute atomic E-state index is 0.0392. The standard InChI is InChI=1S/C20H22N2O6/c1-12-5-7-17(27-3)15(8-12)22-18(24)10-21-19(25)11-28-20(26)14-6-4-13(2)9-16(14)23/h4-9,23H,10-11H2,1-3H3,(H,21,25)(H,22,24). The molecule has 2 amide bonds. The van der Waals surface area contributed by atoms with Crippen molar-refractivity contribution in [3.63, 3.8) is 0 Å². The molecule has 28 heavy (non-hydrogen) atoms. The van der Waals surface area contributed by atoms with Gasteiger partial charge in [0.1, 0.15) is 17.1 Å². The van der Waals surface area contributed by atoms with Crippen molar-refractivity contribution in [2.45, 2.75) is 13.8 Å². The first-order valence-corrected chi connectivity index (χ1v) is 8.48. The maximum absolute atomic E-state index is 12.0. The van der Waals surface area contributed by atoms with E-state index in [1.54, 1.807) is 25.1 Å². The van der Waals surface area contributed by atoms with Crippen LogP contribution in [0.15, 0.2) is 36.4 Å². The summed E-state index contributed by atoms with van der Waals surface area (Å²) in [7, 11) is 1.49. The molecule has 0 aliphatic carbocycles. The number of nitrogens with one attached hydrogen (secondary N) is 2. The minimum atomic E-state index is -0.832. The van der Waals surface area contributed by atoms with E-state index in [9.17, 15) is 19.5 Å². The predicted octanol–water partition coefficient (Wildman–Crippen LogP) is 1.93. The van der Waals surface area contributed by atoms with Gasteiger partial charge in [0.15, 0.2) is 6.61 Å². The van der Waals surface area contributed by atoms with Crippen LogP contribution in [-0.2, 0) is 14.3 Å². The van der Waals surface area contributed by atoms with E-state index in [0.29, 0.717) is 11.4 Å². The van der Waals surface area contributed by atoms with Gasteiger partial charge in [-0.2, -0.15) is 0 Å². The van der Waals surface area contributed by atoms with Gasteiger partial charge in [0, 0.05) is 0 Å². The highest BCUT2D eigenvalue weighted by Crippen LogP contribution is 2.25.